The summed E-state index contributed by atoms with van der Waals surface area (Å²) in [5.41, 5.74) is 0.381. The quantitative estimate of drug-likeness (QED) is 0.255. The van der Waals surface area contributed by atoms with Gasteiger partial charge in [0.05, 0.1) is 15.6 Å². The molecule has 0 bridgehead atoms. The lowest BCUT2D eigenvalue weighted by Crippen LogP contribution is -2.52. The Hall–Kier alpha value is -2.85. The molecule has 1 unspecified atom stereocenters. The van der Waals surface area contributed by atoms with Crippen molar-refractivity contribution in [3.05, 3.63) is 93.2 Å². The molecule has 7 nitrogen and oxygen atoms in total. The Kier molecular flexibility index (Phi) is 11.2. The molecule has 0 spiro atoms. The maximum absolute atomic E-state index is 14.0. The van der Waals surface area contributed by atoms with E-state index in [-0.39, 0.29) is 38.6 Å². The molecule has 0 saturated heterocycles. The van der Waals surface area contributed by atoms with Crippen molar-refractivity contribution in [2.24, 2.45) is 0 Å². The fourth-order valence-electron chi connectivity index (χ4n) is 4.03. The van der Waals surface area contributed by atoms with Crippen LogP contribution in [0.5, 0.6) is 0 Å². The molecule has 214 valence electrons. The minimum atomic E-state index is -4.32. The van der Waals surface area contributed by atoms with Gasteiger partial charge in [0.1, 0.15) is 18.4 Å². The summed E-state index contributed by atoms with van der Waals surface area (Å²) in [6.07, 6.45) is 0.915. The Balaban J connectivity index is 2.10. The summed E-state index contributed by atoms with van der Waals surface area (Å²) in [7, 11) is -4.32. The van der Waals surface area contributed by atoms with E-state index in [0.717, 1.165) is 16.4 Å². The monoisotopic (exact) mass is 627 g/mol. The van der Waals surface area contributed by atoms with Crippen molar-refractivity contribution in [2.75, 3.05) is 17.4 Å². The minimum absolute atomic E-state index is 0.0252. The van der Waals surface area contributed by atoms with Gasteiger partial charge in [0, 0.05) is 28.7 Å². The zero-order valence-electron chi connectivity index (χ0n) is 21.9. The first kappa shape index (κ1) is 31.7. The number of nitrogens with zero attached hydrogens (tertiary/aromatic N) is 2. The lowest BCUT2D eigenvalue weighted by molar-refractivity contribution is -0.140. The predicted molar refractivity (Wildman–Crippen MR) is 157 cm³/mol. The second kappa shape index (κ2) is 14.2. The summed E-state index contributed by atoms with van der Waals surface area (Å²) in [4.78, 5) is 28.3. The first-order chi connectivity index (χ1) is 19.0. The molecule has 3 aromatic rings. The SMILES string of the molecule is CCCNC(=O)C(CC)N(Cc1c(Cl)cccc1Cl)C(=O)CN(c1ccc(F)c(Cl)c1)S(=O)(=O)c1ccccc1. The van der Waals surface area contributed by atoms with E-state index in [0.29, 0.717) is 18.5 Å². The Morgan fingerprint density at radius 3 is 2.15 bits per heavy atom. The number of halogens is 4. The average molecular weight is 629 g/mol. The summed E-state index contributed by atoms with van der Waals surface area (Å²) in [5.74, 6) is -1.85. The third-order valence-electron chi connectivity index (χ3n) is 6.13. The zero-order valence-corrected chi connectivity index (χ0v) is 25.0. The van der Waals surface area contributed by atoms with E-state index in [9.17, 15) is 22.4 Å². The highest BCUT2D eigenvalue weighted by Crippen LogP contribution is 2.30. The summed E-state index contributed by atoms with van der Waals surface area (Å²) in [5, 5.41) is 3.05. The number of amides is 2. The molecule has 0 aromatic heterocycles. The molecule has 0 saturated carbocycles. The smallest absolute Gasteiger partial charge is 0.264 e. The van der Waals surface area contributed by atoms with Crippen LogP contribution in [-0.4, -0.2) is 44.3 Å². The number of sulfonamides is 1. The van der Waals surface area contributed by atoms with Crippen molar-refractivity contribution < 1.29 is 22.4 Å². The van der Waals surface area contributed by atoms with E-state index in [1.165, 1.54) is 23.1 Å². The van der Waals surface area contributed by atoms with Crippen molar-refractivity contribution >= 4 is 62.3 Å². The Labute approximate surface area is 248 Å². The Morgan fingerprint density at radius 1 is 0.925 bits per heavy atom. The molecule has 0 fully saturated rings. The van der Waals surface area contributed by atoms with Crippen LogP contribution >= 0.6 is 34.8 Å². The highest BCUT2D eigenvalue weighted by atomic mass is 35.5. The standard InChI is InChI=1S/C28H29Cl3FN3O4S/c1-3-15-33-28(37)26(4-2)34(17-21-22(29)11-8-12-23(21)30)27(36)18-35(19-13-14-25(32)24(31)16-19)40(38,39)20-9-6-5-7-10-20/h5-14,16,26H,3-4,15,17-18H2,1-2H3,(H,33,37). The average Bonchev–Trinajstić information content (AvgIpc) is 2.93. The van der Waals surface area contributed by atoms with Crippen molar-refractivity contribution in [1.29, 1.82) is 0 Å². The van der Waals surface area contributed by atoms with E-state index < -0.39 is 40.2 Å². The lowest BCUT2D eigenvalue weighted by Gasteiger charge is -2.33. The number of rotatable bonds is 12. The number of anilines is 1. The molecule has 2 amide bonds. The van der Waals surface area contributed by atoms with Crippen molar-refractivity contribution in [3.8, 4) is 0 Å². The fraction of sp³-hybridized carbons (Fsp3) is 0.286. The topological polar surface area (TPSA) is 86.8 Å². The molecule has 3 rings (SSSR count). The molecule has 3 aromatic carbocycles. The molecule has 1 atom stereocenters. The molecule has 0 aliphatic heterocycles. The van der Waals surface area contributed by atoms with Crippen LogP contribution in [0, 0.1) is 5.82 Å². The molecule has 12 heteroatoms. The number of hydrogen-bond acceptors (Lipinski definition) is 4. The molecule has 0 aliphatic carbocycles. The lowest BCUT2D eigenvalue weighted by atomic mass is 10.1. The second-order valence-electron chi connectivity index (χ2n) is 8.86. The first-order valence-corrected chi connectivity index (χ1v) is 15.1. The van der Waals surface area contributed by atoms with E-state index >= 15 is 0 Å². The number of carbonyl (C=O) groups excluding carboxylic acids is 2. The van der Waals surface area contributed by atoms with Crippen LogP contribution in [0.4, 0.5) is 10.1 Å². The maximum atomic E-state index is 14.0. The second-order valence-corrected chi connectivity index (χ2v) is 11.9. The van der Waals surface area contributed by atoms with Gasteiger partial charge in [0.15, 0.2) is 0 Å². The largest absolute Gasteiger partial charge is 0.354 e. The van der Waals surface area contributed by atoms with Crippen LogP contribution in [0.2, 0.25) is 15.1 Å². The van der Waals surface area contributed by atoms with E-state index in [1.54, 1.807) is 43.3 Å². The maximum Gasteiger partial charge on any atom is 0.264 e. The van der Waals surface area contributed by atoms with E-state index in [4.69, 9.17) is 34.8 Å². The molecule has 1 N–H and O–H groups in total. The van der Waals surface area contributed by atoms with Crippen LogP contribution in [0.15, 0.2) is 71.6 Å². The highest BCUT2D eigenvalue weighted by Gasteiger charge is 2.34. The van der Waals surface area contributed by atoms with Gasteiger partial charge in [-0.1, -0.05) is 72.9 Å². The van der Waals surface area contributed by atoms with Gasteiger partial charge in [0.25, 0.3) is 10.0 Å². The van der Waals surface area contributed by atoms with Gasteiger partial charge in [-0.2, -0.15) is 0 Å². The number of benzene rings is 3. The first-order valence-electron chi connectivity index (χ1n) is 12.5. The zero-order chi connectivity index (χ0) is 29.4. The van der Waals surface area contributed by atoms with Crippen LogP contribution in [0.3, 0.4) is 0 Å². The Morgan fingerprint density at radius 2 is 1.57 bits per heavy atom. The third-order valence-corrected chi connectivity index (χ3v) is 8.91. The van der Waals surface area contributed by atoms with Crippen molar-refractivity contribution in [1.82, 2.24) is 10.2 Å². The Bertz CT molecular complexity index is 1440. The van der Waals surface area contributed by atoms with Gasteiger partial charge in [-0.25, -0.2) is 12.8 Å². The molecule has 0 aliphatic rings. The minimum Gasteiger partial charge on any atom is -0.354 e. The van der Waals surface area contributed by atoms with Crippen molar-refractivity contribution in [3.63, 3.8) is 0 Å². The summed E-state index contributed by atoms with van der Waals surface area (Å²) < 4.78 is 42.4. The molecular weight excluding hydrogens is 600 g/mol. The summed E-state index contributed by atoms with van der Waals surface area (Å²) >= 11 is 18.8. The predicted octanol–water partition coefficient (Wildman–Crippen LogP) is 6.31. The van der Waals surface area contributed by atoms with Crippen LogP contribution in [-0.2, 0) is 26.2 Å². The number of hydrogen-bond donors (Lipinski definition) is 1. The highest BCUT2D eigenvalue weighted by molar-refractivity contribution is 7.92. The molecule has 0 heterocycles. The van der Waals surface area contributed by atoms with Crippen LogP contribution < -0.4 is 9.62 Å². The molecule has 40 heavy (non-hydrogen) atoms. The number of carbonyl (C=O) groups is 2. The van der Waals surface area contributed by atoms with Gasteiger partial charge in [-0.05, 0) is 55.3 Å². The molecular formula is C28H29Cl3FN3O4S. The van der Waals surface area contributed by atoms with Crippen LogP contribution in [0.1, 0.15) is 32.3 Å². The van der Waals surface area contributed by atoms with Gasteiger partial charge in [-0.3, -0.25) is 13.9 Å². The van der Waals surface area contributed by atoms with E-state index in [2.05, 4.69) is 5.32 Å². The normalized spacial score (nSPS) is 12.1. The van der Waals surface area contributed by atoms with Crippen LogP contribution in [0.25, 0.3) is 0 Å². The summed E-state index contributed by atoms with van der Waals surface area (Å²) in [6, 6.07) is 14.8. The third kappa shape index (κ3) is 7.46. The van der Waals surface area contributed by atoms with E-state index in [1.807, 2.05) is 6.92 Å². The molecule has 0 radical (unpaired) electrons. The fourth-order valence-corrected chi connectivity index (χ4v) is 6.15. The van der Waals surface area contributed by atoms with Gasteiger partial charge in [0.2, 0.25) is 11.8 Å². The number of nitrogens with one attached hydrogen (secondary N) is 1. The van der Waals surface area contributed by atoms with Gasteiger partial charge < -0.3 is 10.2 Å². The summed E-state index contributed by atoms with van der Waals surface area (Å²) in [6.45, 7) is 3.17. The van der Waals surface area contributed by atoms with Crippen molar-refractivity contribution in [2.45, 2.75) is 44.2 Å². The van der Waals surface area contributed by atoms with Gasteiger partial charge >= 0.3 is 0 Å². The van der Waals surface area contributed by atoms with Gasteiger partial charge in [-0.15, -0.1) is 0 Å².